The van der Waals surface area contributed by atoms with E-state index in [-0.39, 0.29) is 35.7 Å². The van der Waals surface area contributed by atoms with Crippen LogP contribution in [0.15, 0.2) is 47.7 Å². The van der Waals surface area contributed by atoms with Gasteiger partial charge in [-0.15, -0.1) is 0 Å². The van der Waals surface area contributed by atoms with Gasteiger partial charge in [0, 0.05) is 30.0 Å². The lowest BCUT2D eigenvalue weighted by Crippen LogP contribution is -2.38. The number of phenols is 1. The Labute approximate surface area is 178 Å². The van der Waals surface area contributed by atoms with Crippen molar-refractivity contribution < 1.29 is 19.4 Å². The molecule has 0 aromatic heterocycles. The molecule has 0 bridgehead atoms. The van der Waals surface area contributed by atoms with Crippen LogP contribution in [0.3, 0.4) is 0 Å². The lowest BCUT2D eigenvalue weighted by atomic mass is 9.73. The molecule has 1 aliphatic heterocycles. The number of nitrogens with one attached hydrogen (secondary N) is 1. The Balaban J connectivity index is 1.72. The van der Waals surface area contributed by atoms with Crippen LogP contribution in [0, 0.1) is 0 Å². The van der Waals surface area contributed by atoms with Gasteiger partial charge < -0.3 is 15.2 Å². The van der Waals surface area contributed by atoms with Crippen LogP contribution in [0.4, 0.5) is 0 Å². The standard InChI is InChI=1S/C22H19Cl2NO4/c1-29-20-9-12(3-5-18(20)26)14-10-21(28)25-17-7-13(8-19(27)22(14)17)11-2-4-15(23)16(24)6-11/h2-6,9,13-14,26H,7-8,10H2,1H3,(H,25,28). The van der Waals surface area contributed by atoms with Gasteiger partial charge in [0.25, 0.3) is 0 Å². The van der Waals surface area contributed by atoms with Crippen LogP contribution in [0.25, 0.3) is 0 Å². The summed E-state index contributed by atoms with van der Waals surface area (Å²) in [6, 6.07) is 10.3. The molecule has 2 aliphatic rings. The predicted molar refractivity (Wildman–Crippen MR) is 111 cm³/mol. The predicted octanol–water partition coefficient (Wildman–Crippen LogP) is 4.71. The first-order valence-electron chi connectivity index (χ1n) is 9.25. The van der Waals surface area contributed by atoms with Gasteiger partial charge in [-0.2, -0.15) is 0 Å². The third kappa shape index (κ3) is 3.72. The molecule has 2 aromatic carbocycles. The van der Waals surface area contributed by atoms with Gasteiger partial charge in [0.1, 0.15) is 0 Å². The van der Waals surface area contributed by atoms with E-state index in [1.165, 1.54) is 13.2 Å². The first-order valence-corrected chi connectivity index (χ1v) is 10.0. The molecule has 0 saturated heterocycles. The molecule has 1 heterocycles. The highest BCUT2D eigenvalue weighted by molar-refractivity contribution is 6.42. The zero-order valence-electron chi connectivity index (χ0n) is 15.7. The summed E-state index contributed by atoms with van der Waals surface area (Å²) in [6.07, 6.45) is 1.05. The number of phenolic OH excluding ortho intramolecular Hbond substituents is 1. The molecule has 4 rings (SSSR count). The molecule has 0 radical (unpaired) electrons. The molecule has 29 heavy (non-hydrogen) atoms. The Morgan fingerprint density at radius 1 is 1.00 bits per heavy atom. The minimum atomic E-state index is -0.365. The van der Waals surface area contributed by atoms with Crippen LogP contribution >= 0.6 is 23.2 Å². The first kappa shape index (κ1) is 19.8. The summed E-state index contributed by atoms with van der Waals surface area (Å²) in [6.45, 7) is 0. The zero-order chi connectivity index (χ0) is 20.7. The van der Waals surface area contributed by atoms with Crippen molar-refractivity contribution in [1.29, 1.82) is 0 Å². The molecule has 1 aliphatic carbocycles. The van der Waals surface area contributed by atoms with Crippen molar-refractivity contribution in [2.45, 2.75) is 31.1 Å². The quantitative estimate of drug-likeness (QED) is 0.737. The van der Waals surface area contributed by atoms with Gasteiger partial charge in [-0.25, -0.2) is 0 Å². The minimum Gasteiger partial charge on any atom is -0.504 e. The average molecular weight is 432 g/mol. The van der Waals surface area contributed by atoms with E-state index < -0.39 is 0 Å². The molecule has 150 valence electrons. The number of rotatable bonds is 3. The number of carbonyl (C=O) groups excluding carboxylic acids is 2. The molecular formula is C22H19Cl2NO4. The van der Waals surface area contributed by atoms with Crippen molar-refractivity contribution >= 4 is 34.9 Å². The van der Waals surface area contributed by atoms with Gasteiger partial charge >= 0.3 is 0 Å². The number of hydrogen-bond acceptors (Lipinski definition) is 4. The van der Waals surface area contributed by atoms with E-state index in [0.717, 1.165) is 11.1 Å². The maximum atomic E-state index is 13.1. The summed E-state index contributed by atoms with van der Waals surface area (Å²) < 4.78 is 5.19. The van der Waals surface area contributed by atoms with Gasteiger partial charge in [-0.05, 0) is 47.7 Å². The monoisotopic (exact) mass is 431 g/mol. The molecule has 1 amide bonds. The Hall–Kier alpha value is -2.50. The summed E-state index contributed by atoms with van der Waals surface area (Å²) in [5, 5.41) is 13.7. The Morgan fingerprint density at radius 3 is 2.48 bits per heavy atom. The number of hydrogen-bond donors (Lipinski definition) is 2. The molecule has 0 fully saturated rings. The smallest absolute Gasteiger partial charge is 0.225 e. The third-order valence-electron chi connectivity index (χ3n) is 5.56. The molecular weight excluding hydrogens is 413 g/mol. The fourth-order valence-electron chi connectivity index (χ4n) is 4.16. The molecule has 0 spiro atoms. The van der Waals surface area contributed by atoms with Crippen molar-refractivity contribution in [1.82, 2.24) is 5.32 Å². The number of carbonyl (C=O) groups is 2. The van der Waals surface area contributed by atoms with Crippen LogP contribution in [0.1, 0.15) is 42.2 Å². The lowest BCUT2D eigenvalue weighted by molar-refractivity contribution is -0.122. The van der Waals surface area contributed by atoms with E-state index in [1.807, 2.05) is 6.07 Å². The number of benzene rings is 2. The number of methoxy groups -OCH3 is 1. The van der Waals surface area contributed by atoms with E-state index in [2.05, 4.69) is 5.32 Å². The van der Waals surface area contributed by atoms with E-state index in [9.17, 15) is 14.7 Å². The number of ketones is 1. The molecule has 2 unspecified atom stereocenters. The second kappa shape index (κ2) is 7.73. The van der Waals surface area contributed by atoms with Crippen LogP contribution < -0.4 is 10.1 Å². The molecule has 7 heteroatoms. The van der Waals surface area contributed by atoms with E-state index in [4.69, 9.17) is 27.9 Å². The number of allylic oxidation sites excluding steroid dienone is 2. The van der Waals surface area contributed by atoms with Crippen molar-refractivity contribution in [2.75, 3.05) is 7.11 Å². The van der Waals surface area contributed by atoms with Gasteiger partial charge in [-0.1, -0.05) is 35.3 Å². The summed E-state index contributed by atoms with van der Waals surface area (Å²) in [5.74, 6) is -0.254. The molecule has 2 N–H and O–H groups in total. The zero-order valence-corrected chi connectivity index (χ0v) is 17.2. The largest absolute Gasteiger partial charge is 0.504 e. The topological polar surface area (TPSA) is 75.6 Å². The average Bonchev–Trinajstić information content (AvgIpc) is 2.69. The fraction of sp³-hybridized carbons (Fsp3) is 0.273. The summed E-state index contributed by atoms with van der Waals surface area (Å²) in [5.41, 5.74) is 2.98. The number of halogens is 2. The van der Waals surface area contributed by atoms with Crippen molar-refractivity contribution in [3.8, 4) is 11.5 Å². The number of ether oxygens (including phenoxy) is 1. The highest BCUT2D eigenvalue weighted by atomic mass is 35.5. The Morgan fingerprint density at radius 2 is 1.76 bits per heavy atom. The van der Waals surface area contributed by atoms with E-state index in [0.29, 0.717) is 39.9 Å². The third-order valence-corrected chi connectivity index (χ3v) is 6.30. The van der Waals surface area contributed by atoms with Gasteiger partial charge in [-0.3, -0.25) is 9.59 Å². The van der Waals surface area contributed by atoms with E-state index >= 15 is 0 Å². The first-order chi connectivity index (χ1) is 13.9. The Bertz CT molecular complexity index is 1050. The molecule has 2 aromatic rings. The second-order valence-electron chi connectivity index (χ2n) is 7.33. The summed E-state index contributed by atoms with van der Waals surface area (Å²) in [7, 11) is 1.46. The summed E-state index contributed by atoms with van der Waals surface area (Å²) >= 11 is 12.2. The van der Waals surface area contributed by atoms with Gasteiger partial charge in [0.2, 0.25) is 5.91 Å². The SMILES string of the molecule is COc1cc(C2CC(=O)NC3=C2C(=O)CC(c2ccc(Cl)c(Cl)c2)C3)ccc1O. The molecule has 2 atom stereocenters. The van der Waals surface area contributed by atoms with Crippen molar-refractivity contribution in [3.63, 3.8) is 0 Å². The molecule has 0 saturated carbocycles. The summed E-state index contributed by atoms with van der Waals surface area (Å²) in [4.78, 5) is 25.5. The Kier molecular flexibility index (Phi) is 5.28. The van der Waals surface area contributed by atoms with Crippen molar-refractivity contribution in [2.24, 2.45) is 0 Å². The highest BCUT2D eigenvalue weighted by Crippen LogP contribution is 2.44. The molecule has 5 nitrogen and oxygen atoms in total. The van der Waals surface area contributed by atoms with E-state index in [1.54, 1.807) is 24.3 Å². The number of amides is 1. The van der Waals surface area contributed by atoms with Crippen LogP contribution in [-0.4, -0.2) is 23.9 Å². The van der Waals surface area contributed by atoms with Crippen LogP contribution in [-0.2, 0) is 9.59 Å². The van der Waals surface area contributed by atoms with Gasteiger partial charge in [0.05, 0.1) is 17.2 Å². The maximum absolute atomic E-state index is 13.1. The second-order valence-corrected chi connectivity index (χ2v) is 8.14. The van der Waals surface area contributed by atoms with Crippen molar-refractivity contribution in [3.05, 3.63) is 68.8 Å². The minimum absolute atomic E-state index is 0.000589. The highest BCUT2D eigenvalue weighted by Gasteiger charge is 2.38. The number of aromatic hydroxyl groups is 1. The maximum Gasteiger partial charge on any atom is 0.225 e. The normalized spacial score (nSPS) is 21.6. The fourth-order valence-corrected chi connectivity index (χ4v) is 4.46. The lowest BCUT2D eigenvalue weighted by Gasteiger charge is -2.34. The van der Waals surface area contributed by atoms with Crippen LogP contribution in [0.2, 0.25) is 10.0 Å². The van der Waals surface area contributed by atoms with Crippen LogP contribution in [0.5, 0.6) is 11.5 Å². The van der Waals surface area contributed by atoms with Gasteiger partial charge in [0.15, 0.2) is 17.3 Å². The number of Topliss-reactive ketones (excluding diaryl/α,β-unsaturated/α-hetero) is 1.